The van der Waals surface area contributed by atoms with E-state index in [1.807, 2.05) is 36.4 Å². The largest absolute Gasteiger partial charge is 0.497 e. The molecular weight excluding hydrogens is 320 g/mol. The van der Waals surface area contributed by atoms with E-state index in [1.165, 1.54) is 5.56 Å². The number of rotatable bonds is 4. The van der Waals surface area contributed by atoms with Crippen LogP contribution in [0.5, 0.6) is 5.75 Å². The van der Waals surface area contributed by atoms with Gasteiger partial charge in [-0.1, -0.05) is 41.9 Å². The molecule has 0 saturated heterocycles. The number of methoxy groups -OCH3 is 1. The Kier molecular flexibility index (Phi) is 3.87. The second kappa shape index (κ2) is 6.17. The van der Waals surface area contributed by atoms with Crippen molar-refractivity contribution in [1.29, 1.82) is 0 Å². The zero-order chi connectivity index (χ0) is 16.5. The van der Waals surface area contributed by atoms with Gasteiger partial charge in [0, 0.05) is 23.5 Å². The minimum Gasteiger partial charge on any atom is -0.497 e. The van der Waals surface area contributed by atoms with E-state index in [9.17, 15) is 0 Å². The third-order valence-electron chi connectivity index (χ3n) is 4.34. The second-order valence-electron chi connectivity index (χ2n) is 5.79. The maximum Gasteiger partial charge on any atom is 0.139 e. The number of hydrogen-bond donors (Lipinski definition) is 0. The van der Waals surface area contributed by atoms with Crippen LogP contribution >= 0.6 is 11.6 Å². The van der Waals surface area contributed by atoms with Gasteiger partial charge in [0.1, 0.15) is 10.9 Å². The summed E-state index contributed by atoms with van der Waals surface area (Å²) >= 11 is 6.37. The third kappa shape index (κ3) is 2.61. The van der Waals surface area contributed by atoms with Crippen molar-refractivity contribution in [2.24, 2.45) is 0 Å². The average molecular weight is 337 g/mol. The van der Waals surface area contributed by atoms with Crippen molar-refractivity contribution in [2.45, 2.75) is 13.0 Å². The fraction of sp³-hybridized carbons (Fsp3) is 0.150. The summed E-state index contributed by atoms with van der Waals surface area (Å²) < 4.78 is 7.56. The highest BCUT2D eigenvalue weighted by atomic mass is 35.5. The molecule has 24 heavy (non-hydrogen) atoms. The molecule has 4 heteroatoms. The molecule has 0 unspecified atom stereocenters. The van der Waals surface area contributed by atoms with Gasteiger partial charge in [0.15, 0.2) is 0 Å². The van der Waals surface area contributed by atoms with Crippen molar-refractivity contribution in [3.05, 3.63) is 71.5 Å². The van der Waals surface area contributed by atoms with Crippen molar-refractivity contribution < 1.29 is 4.74 Å². The summed E-state index contributed by atoms with van der Waals surface area (Å²) in [7, 11) is 1.69. The molecule has 0 fully saturated rings. The molecule has 0 bridgehead atoms. The summed E-state index contributed by atoms with van der Waals surface area (Å²) in [5.41, 5.74) is 3.32. The Morgan fingerprint density at radius 3 is 2.79 bits per heavy atom. The highest BCUT2D eigenvalue weighted by Gasteiger charge is 2.11. The molecular formula is C20H17ClN2O. The molecule has 2 aromatic heterocycles. The van der Waals surface area contributed by atoms with Gasteiger partial charge in [0.2, 0.25) is 0 Å². The van der Waals surface area contributed by atoms with Gasteiger partial charge < -0.3 is 9.30 Å². The van der Waals surface area contributed by atoms with Gasteiger partial charge in [-0.15, -0.1) is 0 Å². The van der Waals surface area contributed by atoms with E-state index in [-0.39, 0.29) is 0 Å². The summed E-state index contributed by atoms with van der Waals surface area (Å²) in [6.45, 7) is 0.876. The van der Waals surface area contributed by atoms with Crippen LogP contribution in [-0.4, -0.2) is 16.7 Å². The summed E-state index contributed by atoms with van der Waals surface area (Å²) in [5.74, 6) is 0.891. The predicted molar refractivity (Wildman–Crippen MR) is 98.9 cm³/mol. The van der Waals surface area contributed by atoms with Crippen molar-refractivity contribution in [3.63, 3.8) is 0 Å². The standard InChI is InChI=1S/C20H17ClN2O/c1-24-15-6-4-5-14(13-15)9-11-23-12-10-17-19(23)16-7-2-3-8-18(16)22-20(17)21/h2-8,10,12-13H,9,11H2,1H3. The summed E-state index contributed by atoms with van der Waals surface area (Å²) in [6.07, 6.45) is 3.01. The van der Waals surface area contributed by atoms with Crippen LogP contribution in [0.2, 0.25) is 5.15 Å². The molecule has 0 amide bonds. The topological polar surface area (TPSA) is 27.1 Å². The van der Waals surface area contributed by atoms with Crippen LogP contribution in [0.25, 0.3) is 21.8 Å². The van der Waals surface area contributed by atoms with E-state index in [1.54, 1.807) is 7.11 Å². The Hall–Kier alpha value is -2.52. The van der Waals surface area contributed by atoms with Crippen molar-refractivity contribution >= 4 is 33.4 Å². The van der Waals surface area contributed by atoms with Crippen molar-refractivity contribution in [2.75, 3.05) is 7.11 Å². The molecule has 0 aliphatic heterocycles. The number of para-hydroxylation sites is 1. The van der Waals surface area contributed by atoms with Gasteiger partial charge in [-0.05, 0) is 36.2 Å². The molecule has 4 rings (SSSR count). The van der Waals surface area contributed by atoms with Crippen molar-refractivity contribution in [3.8, 4) is 5.75 Å². The zero-order valence-corrected chi connectivity index (χ0v) is 14.1. The minimum atomic E-state index is 0.559. The average Bonchev–Trinajstić information content (AvgIpc) is 3.05. The van der Waals surface area contributed by atoms with Crippen LogP contribution in [0.3, 0.4) is 0 Å². The summed E-state index contributed by atoms with van der Waals surface area (Å²) in [4.78, 5) is 4.49. The van der Waals surface area contributed by atoms with E-state index in [0.717, 1.165) is 40.5 Å². The molecule has 3 nitrogen and oxygen atoms in total. The first-order valence-electron chi connectivity index (χ1n) is 7.92. The van der Waals surface area contributed by atoms with Crippen LogP contribution < -0.4 is 4.74 Å². The molecule has 4 aromatic rings. The maximum absolute atomic E-state index is 6.37. The van der Waals surface area contributed by atoms with E-state index in [4.69, 9.17) is 16.3 Å². The molecule has 120 valence electrons. The van der Waals surface area contributed by atoms with Gasteiger partial charge in [-0.2, -0.15) is 0 Å². The predicted octanol–water partition coefficient (Wildman–Crippen LogP) is 5.09. The highest BCUT2D eigenvalue weighted by Crippen LogP contribution is 2.30. The quantitative estimate of drug-likeness (QED) is 0.485. The van der Waals surface area contributed by atoms with Gasteiger partial charge in [-0.25, -0.2) is 4.98 Å². The van der Waals surface area contributed by atoms with Crippen LogP contribution in [0.4, 0.5) is 0 Å². The number of ether oxygens (including phenoxy) is 1. The van der Waals surface area contributed by atoms with Gasteiger partial charge in [0.25, 0.3) is 0 Å². The Morgan fingerprint density at radius 1 is 1.04 bits per heavy atom. The van der Waals surface area contributed by atoms with E-state index >= 15 is 0 Å². The molecule has 0 radical (unpaired) electrons. The molecule has 0 N–H and O–H groups in total. The lowest BCUT2D eigenvalue weighted by molar-refractivity contribution is 0.414. The Labute approximate surface area is 145 Å². The summed E-state index contributed by atoms with van der Waals surface area (Å²) in [6, 6.07) is 18.4. The lowest BCUT2D eigenvalue weighted by Gasteiger charge is -2.09. The lowest BCUT2D eigenvalue weighted by Crippen LogP contribution is -2.01. The van der Waals surface area contributed by atoms with E-state index in [2.05, 4.69) is 33.9 Å². The number of pyridine rings is 1. The molecule has 0 aliphatic rings. The normalized spacial score (nSPS) is 11.2. The Bertz CT molecular complexity index is 1020. The van der Waals surface area contributed by atoms with Crippen LogP contribution in [0.1, 0.15) is 5.56 Å². The minimum absolute atomic E-state index is 0.559. The molecule has 2 heterocycles. The number of aryl methyl sites for hydroxylation is 2. The van der Waals surface area contributed by atoms with Crippen molar-refractivity contribution in [1.82, 2.24) is 9.55 Å². The van der Waals surface area contributed by atoms with Gasteiger partial charge in [0.05, 0.1) is 18.1 Å². The number of hydrogen-bond acceptors (Lipinski definition) is 2. The lowest BCUT2D eigenvalue weighted by atomic mass is 10.1. The number of fused-ring (bicyclic) bond motifs is 3. The van der Waals surface area contributed by atoms with Crippen LogP contribution in [-0.2, 0) is 13.0 Å². The number of aromatic nitrogens is 2. The molecule has 0 aliphatic carbocycles. The molecule has 0 atom stereocenters. The maximum atomic E-state index is 6.37. The fourth-order valence-corrected chi connectivity index (χ4v) is 3.38. The van der Waals surface area contributed by atoms with Crippen LogP contribution in [0.15, 0.2) is 60.8 Å². The monoisotopic (exact) mass is 336 g/mol. The Morgan fingerprint density at radius 2 is 1.92 bits per heavy atom. The zero-order valence-electron chi connectivity index (χ0n) is 13.4. The first kappa shape index (κ1) is 15.0. The highest BCUT2D eigenvalue weighted by molar-refractivity contribution is 6.35. The smallest absolute Gasteiger partial charge is 0.139 e. The van der Waals surface area contributed by atoms with Gasteiger partial charge in [-0.3, -0.25) is 0 Å². The van der Waals surface area contributed by atoms with Gasteiger partial charge >= 0.3 is 0 Å². The fourth-order valence-electron chi connectivity index (χ4n) is 3.14. The first-order chi connectivity index (χ1) is 11.8. The molecule has 0 saturated carbocycles. The SMILES string of the molecule is COc1cccc(CCn2ccc3c(Cl)nc4ccccc4c32)c1. The first-order valence-corrected chi connectivity index (χ1v) is 8.30. The third-order valence-corrected chi connectivity index (χ3v) is 4.63. The molecule has 0 spiro atoms. The number of halogens is 1. The number of benzene rings is 2. The van der Waals surface area contributed by atoms with E-state index < -0.39 is 0 Å². The molecule has 2 aromatic carbocycles. The number of nitrogens with zero attached hydrogens (tertiary/aromatic N) is 2. The van der Waals surface area contributed by atoms with E-state index in [0.29, 0.717) is 5.15 Å². The summed E-state index contributed by atoms with van der Waals surface area (Å²) in [5, 5.41) is 2.69. The van der Waals surface area contributed by atoms with Crippen LogP contribution in [0, 0.1) is 0 Å². The second-order valence-corrected chi connectivity index (χ2v) is 6.15. The Balaban J connectivity index is 1.74.